The van der Waals surface area contributed by atoms with Crippen LogP contribution in [-0.2, 0) is 11.8 Å². The van der Waals surface area contributed by atoms with Gasteiger partial charge >= 0.3 is 0 Å². The maximum Gasteiger partial charge on any atom is 0.244 e. The van der Waals surface area contributed by atoms with Crippen molar-refractivity contribution in [3.8, 4) is 0 Å². The number of aromatic nitrogens is 2. The van der Waals surface area contributed by atoms with Crippen LogP contribution in [0, 0.1) is 19.8 Å². The number of amides is 1. The highest BCUT2D eigenvalue weighted by Crippen LogP contribution is 2.13. The van der Waals surface area contributed by atoms with Crippen LogP contribution >= 0.6 is 0 Å². The molecule has 1 N–H and O–H groups in total. The molecular formula is C13H21N3O. The van der Waals surface area contributed by atoms with E-state index >= 15 is 0 Å². The third-order valence-corrected chi connectivity index (χ3v) is 2.65. The Hall–Kier alpha value is -1.58. The molecule has 0 aliphatic rings. The first-order chi connectivity index (χ1) is 7.91. The summed E-state index contributed by atoms with van der Waals surface area (Å²) in [6, 6.07) is 0. The molecule has 0 atom stereocenters. The van der Waals surface area contributed by atoms with Gasteiger partial charge in [-0.15, -0.1) is 0 Å². The van der Waals surface area contributed by atoms with Crippen molar-refractivity contribution in [3.63, 3.8) is 0 Å². The third kappa shape index (κ3) is 3.73. The lowest BCUT2D eigenvalue weighted by Crippen LogP contribution is -2.25. The highest BCUT2D eigenvalue weighted by atomic mass is 16.1. The summed E-state index contributed by atoms with van der Waals surface area (Å²) in [5.74, 6) is 0.413. The Bertz CT molecular complexity index is 430. The molecule has 0 bridgehead atoms. The van der Waals surface area contributed by atoms with Gasteiger partial charge in [0.15, 0.2) is 0 Å². The normalized spacial score (nSPS) is 11.4. The summed E-state index contributed by atoms with van der Waals surface area (Å²) in [5.41, 5.74) is 3.03. The second-order valence-electron chi connectivity index (χ2n) is 4.68. The zero-order valence-corrected chi connectivity index (χ0v) is 11.2. The summed E-state index contributed by atoms with van der Waals surface area (Å²) in [7, 11) is 1.90. The van der Waals surface area contributed by atoms with Crippen molar-refractivity contribution in [2.24, 2.45) is 13.0 Å². The number of nitrogens with one attached hydrogen (secondary N) is 1. The largest absolute Gasteiger partial charge is 0.352 e. The van der Waals surface area contributed by atoms with E-state index in [0.29, 0.717) is 12.5 Å². The highest BCUT2D eigenvalue weighted by Gasteiger charge is 2.06. The molecule has 1 aromatic rings. The first-order valence-electron chi connectivity index (χ1n) is 5.88. The van der Waals surface area contributed by atoms with E-state index in [-0.39, 0.29) is 5.91 Å². The number of hydrogen-bond donors (Lipinski definition) is 1. The van der Waals surface area contributed by atoms with E-state index in [0.717, 1.165) is 17.0 Å². The molecule has 1 rings (SSSR count). The van der Waals surface area contributed by atoms with Crippen LogP contribution in [-0.4, -0.2) is 22.2 Å². The van der Waals surface area contributed by atoms with Crippen molar-refractivity contribution in [2.75, 3.05) is 6.54 Å². The zero-order valence-electron chi connectivity index (χ0n) is 11.2. The molecule has 1 aromatic heterocycles. The van der Waals surface area contributed by atoms with Gasteiger partial charge in [0.25, 0.3) is 0 Å². The smallest absolute Gasteiger partial charge is 0.244 e. The molecular weight excluding hydrogens is 214 g/mol. The maximum atomic E-state index is 11.5. The molecule has 0 saturated heterocycles. The summed E-state index contributed by atoms with van der Waals surface area (Å²) in [6.07, 6.45) is 3.40. The van der Waals surface area contributed by atoms with Crippen molar-refractivity contribution in [3.05, 3.63) is 23.0 Å². The van der Waals surface area contributed by atoms with Crippen LogP contribution in [0.15, 0.2) is 6.08 Å². The van der Waals surface area contributed by atoms with Crippen molar-refractivity contribution in [1.82, 2.24) is 15.1 Å². The summed E-state index contributed by atoms with van der Waals surface area (Å²) >= 11 is 0. The summed E-state index contributed by atoms with van der Waals surface area (Å²) in [5, 5.41) is 7.14. The van der Waals surface area contributed by atoms with Gasteiger partial charge in [-0.3, -0.25) is 9.48 Å². The van der Waals surface area contributed by atoms with E-state index < -0.39 is 0 Å². The van der Waals surface area contributed by atoms with E-state index in [1.165, 1.54) is 0 Å². The third-order valence-electron chi connectivity index (χ3n) is 2.65. The van der Waals surface area contributed by atoms with E-state index in [4.69, 9.17) is 0 Å². The molecule has 0 fully saturated rings. The van der Waals surface area contributed by atoms with E-state index in [2.05, 4.69) is 24.3 Å². The number of carbonyl (C=O) groups is 1. The second-order valence-corrected chi connectivity index (χ2v) is 4.68. The van der Waals surface area contributed by atoms with Crippen LogP contribution in [0.3, 0.4) is 0 Å². The quantitative estimate of drug-likeness (QED) is 0.809. The molecule has 0 unspecified atom stereocenters. The van der Waals surface area contributed by atoms with Gasteiger partial charge in [0.05, 0.1) is 5.69 Å². The van der Waals surface area contributed by atoms with Gasteiger partial charge in [-0.25, -0.2) is 0 Å². The SMILES string of the molecule is Cc1nn(C)c(C)c1/C=C\C(=O)NCC(C)C. The monoisotopic (exact) mass is 235 g/mol. The molecule has 0 spiro atoms. The first kappa shape index (κ1) is 13.5. The second kappa shape index (κ2) is 5.66. The fraction of sp³-hybridized carbons (Fsp3) is 0.538. The molecule has 0 aromatic carbocycles. The van der Waals surface area contributed by atoms with Crippen LogP contribution in [0.1, 0.15) is 30.8 Å². The van der Waals surface area contributed by atoms with Gasteiger partial charge in [0, 0.05) is 30.9 Å². The van der Waals surface area contributed by atoms with Gasteiger partial charge in [-0.2, -0.15) is 5.10 Å². The predicted molar refractivity (Wildman–Crippen MR) is 69.6 cm³/mol. The van der Waals surface area contributed by atoms with E-state index in [1.54, 1.807) is 6.08 Å². The van der Waals surface area contributed by atoms with Gasteiger partial charge in [0.2, 0.25) is 5.91 Å². The molecule has 0 aliphatic carbocycles. The molecule has 0 radical (unpaired) electrons. The average molecular weight is 235 g/mol. The maximum absolute atomic E-state index is 11.5. The Morgan fingerprint density at radius 1 is 1.47 bits per heavy atom. The molecule has 1 heterocycles. The van der Waals surface area contributed by atoms with Gasteiger partial charge in [-0.1, -0.05) is 13.8 Å². The fourth-order valence-corrected chi connectivity index (χ4v) is 1.55. The zero-order chi connectivity index (χ0) is 13.0. The van der Waals surface area contributed by atoms with Gasteiger partial charge in [0.1, 0.15) is 0 Å². The minimum atomic E-state index is -0.0543. The minimum absolute atomic E-state index is 0.0543. The number of rotatable bonds is 4. The highest BCUT2D eigenvalue weighted by molar-refractivity contribution is 5.91. The van der Waals surface area contributed by atoms with Crippen molar-refractivity contribution in [2.45, 2.75) is 27.7 Å². The molecule has 4 heteroatoms. The fourth-order valence-electron chi connectivity index (χ4n) is 1.55. The number of aryl methyl sites for hydroxylation is 2. The van der Waals surface area contributed by atoms with Crippen LogP contribution in [0.25, 0.3) is 6.08 Å². The van der Waals surface area contributed by atoms with E-state index in [9.17, 15) is 4.79 Å². The van der Waals surface area contributed by atoms with Gasteiger partial charge < -0.3 is 5.32 Å². The molecule has 1 amide bonds. The topological polar surface area (TPSA) is 46.9 Å². The molecule has 4 nitrogen and oxygen atoms in total. The lowest BCUT2D eigenvalue weighted by atomic mass is 10.2. The summed E-state index contributed by atoms with van der Waals surface area (Å²) < 4.78 is 1.82. The Morgan fingerprint density at radius 3 is 2.59 bits per heavy atom. The number of nitrogens with zero attached hydrogens (tertiary/aromatic N) is 2. The Labute approximate surface area is 103 Å². The summed E-state index contributed by atoms with van der Waals surface area (Å²) in [6.45, 7) is 8.78. The molecule has 0 saturated carbocycles. The average Bonchev–Trinajstić information content (AvgIpc) is 2.48. The molecule has 17 heavy (non-hydrogen) atoms. The standard InChI is InChI=1S/C13H21N3O/c1-9(2)8-14-13(17)7-6-12-10(3)15-16(5)11(12)4/h6-7,9H,8H2,1-5H3,(H,14,17)/b7-6-. The van der Waals surface area contributed by atoms with E-state index in [1.807, 2.05) is 31.7 Å². The minimum Gasteiger partial charge on any atom is -0.352 e. The number of hydrogen-bond acceptors (Lipinski definition) is 2. The van der Waals surface area contributed by atoms with Crippen molar-refractivity contribution in [1.29, 1.82) is 0 Å². The van der Waals surface area contributed by atoms with Crippen molar-refractivity contribution < 1.29 is 4.79 Å². The van der Waals surface area contributed by atoms with Crippen LogP contribution < -0.4 is 5.32 Å². The molecule has 94 valence electrons. The van der Waals surface area contributed by atoms with Crippen LogP contribution in [0.4, 0.5) is 0 Å². The summed E-state index contributed by atoms with van der Waals surface area (Å²) in [4.78, 5) is 11.5. The van der Waals surface area contributed by atoms with Crippen molar-refractivity contribution >= 4 is 12.0 Å². The lowest BCUT2D eigenvalue weighted by molar-refractivity contribution is -0.116. The van der Waals surface area contributed by atoms with Crippen LogP contribution in [0.5, 0.6) is 0 Å². The molecule has 0 aliphatic heterocycles. The number of carbonyl (C=O) groups excluding carboxylic acids is 1. The lowest BCUT2D eigenvalue weighted by Gasteiger charge is -2.04. The Balaban J connectivity index is 2.67. The van der Waals surface area contributed by atoms with Crippen LogP contribution in [0.2, 0.25) is 0 Å². The predicted octanol–water partition coefficient (Wildman–Crippen LogP) is 1.82. The Morgan fingerprint density at radius 2 is 2.12 bits per heavy atom. The first-order valence-corrected chi connectivity index (χ1v) is 5.88. The van der Waals surface area contributed by atoms with Gasteiger partial charge in [-0.05, 0) is 25.8 Å². The Kier molecular flexibility index (Phi) is 4.49.